The molecule has 0 saturated heterocycles. The first-order chi connectivity index (χ1) is 70.1. The smallest absolute Gasteiger partial charge is 0.359 e. The van der Waals surface area contributed by atoms with E-state index in [-0.39, 0.29) is 72.0 Å². The minimum absolute atomic E-state index is 0.00822. The van der Waals surface area contributed by atoms with Crippen molar-refractivity contribution in [2.75, 3.05) is 104 Å². The predicted molar refractivity (Wildman–Crippen MR) is 547 cm³/mol. The molecule has 752 valence electrons. The zero-order valence-corrected chi connectivity index (χ0v) is 83.7. The number of benzene rings is 4. The maximum Gasteiger partial charge on any atom is 0.359 e. The Bertz CT molecular complexity index is 6580. The lowest BCUT2D eigenvalue weighted by Crippen LogP contribution is -2.42. The van der Waals surface area contributed by atoms with Crippen LogP contribution in [0.5, 0.6) is 23.0 Å². The number of ketones is 2. The van der Waals surface area contributed by atoms with E-state index < -0.39 is 5.97 Å². The predicted octanol–water partition coefficient (Wildman–Crippen LogP) is 16.7. The summed E-state index contributed by atoms with van der Waals surface area (Å²) in [6, 6.07) is 22.3. The fraction of sp³-hybridized carbons (Fsp3) is 0.413. The Hall–Kier alpha value is -15.9. The molecule has 4 saturated carbocycles. The molecule has 8 aliphatic rings. The van der Waals surface area contributed by atoms with Crippen LogP contribution in [0.3, 0.4) is 0 Å². The van der Waals surface area contributed by atoms with Gasteiger partial charge >= 0.3 is 5.97 Å². The summed E-state index contributed by atoms with van der Waals surface area (Å²) in [6.45, 7) is 15.5. The summed E-state index contributed by atoms with van der Waals surface area (Å²) in [5, 5.41) is 23.6. The van der Waals surface area contributed by atoms with Gasteiger partial charge in [0.15, 0.2) is 40.5 Å². The number of hydrogen-bond acceptors (Lipinski definition) is 32. The van der Waals surface area contributed by atoms with Crippen molar-refractivity contribution >= 4 is 111 Å². The highest BCUT2D eigenvalue weighted by molar-refractivity contribution is 5.99. The number of fused-ring (bicyclic) bond motifs is 12. The topological polar surface area (TPSA) is 449 Å². The molecule has 4 atom stereocenters. The molecular weight excluding hydrogens is 1830 g/mol. The highest BCUT2D eigenvalue weighted by Gasteiger charge is 2.46. The van der Waals surface area contributed by atoms with Crippen LogP contribution in [0, 0.1) is 0 Å². The molecule has 4 aliphatic heterocycles. The number of nitrogens with one attached hydrogen (secondary N) is 8. The third-order valence-corrected chi connectivity index (χ3v) is 28.1. The maximum absolute atomic E-state index is 12.9. The second-order valence-corrected chi connectivity index (χ2v) is 36.4. The lowest BCUT2D eigenvalue weighted by Gasteiger charge is -2.42. The van der Waals surface area contributed by atoms with E-state index in [1.54, 1.807) is 181 Å². The Labute approximate surface area is 835 Å². The van der Waals surface area contributed by atoms with E-state index in [1.165, 1.54) is 57.1 Å². The van der Waals surface area contributed by atoms with E-state index in [4.69, 9.17) is 43.6 Å². The fourth-order valence-corrected chi connectivity index (χ4v) is 21.4. The molecule has 40 heteroatoms. The number of anilines is 12. The monoisotopic (exact) mass is 1960 g/mol. The molecule has 12 aromatic rings. The number of esters is 1. The number of rotatable bonds is 29. The van der Waals surface area contributed by atoms with Gasteiger partial charge in [0.2, 0.25) is 23.8 Å². The molecule has 0 unspecified atom stereocenters. The molecule has 20 rings (SSSR count). The van der Waals surface area contributed by atoms with Gasteiger partial charge in [-0.2, -0.15) is 19.9 Å². The van der Waals surface area contributed by atoms with Crippen LogP contribution in [0.2, 0.25) is 0 Å². The van der Waals surface area contributed by atoms with E-state index in [0.717, 1.165) is 140 Å². The maximum atomic E-state index is 12.9. The van der Waals surface area contributed by atoms with Crippen LogP contribution in [-0.2, 0) is 4.74 Å². The summed E-state index contributed by atoms with van der Waals surface area (Å²) in [5.74, 6) is 5.87. The summed E-state index contributed by atoms with van der Waals surface area (Å²) in [7, 11) is 12.6. The molecule has 8 aromatic heterocycles. The summed E-state index contributed by atoms with van der Waals surface area (Å²) in [6.07, 6.45) is 39.2. The van der Waals surface area contributed by atoms with Crippen LogP contribution < -0.4 is 81.1 Å². The molecule has 4 fully saturated rings. The second-order valence-electron chi connectivity index (χ2n) is 36.4. The SMILES string of the molecule is C=CCOC(=O)c1ncn2c1[C@@H](CC)N(C1CCCC1)c1nc(Nc3ccc(C(=O)NC)cc3OC)ncc1-2.CC[C@@H]1c2c(C(C)=O)ncn2-c2cnc(Nc3ccc(C(=O)NC)cc3OC)nc2N1C1CCCC1.CC[C@@H]1c2c(C(C)=O)ncn2-c2cnc(Nc3ccc(C(=O)NC)cc3OC)nc2N1C1CCCC1.CC[C@@H]1c2cncn2-c2cnc(Nc3ccc(C(=O)NC)cc3OC)nc2N1C1CCCC1. The van der Waals surface area contributed by atoms with Crippen molar-refractivity contribution in [2.24, 2.45) is 0 Å². The van der Waals surface area contributed by atoms with Crippen LogP contribution in [0.25, 0.3) is 22.7 Å². The van der Waals surface area contributed by atoms with E-state index in [0.29, 0.717) is 127 Å². The van der Waals surface area contributed by atoms with Crippen molar-refractivity contribution in [3.63, 3.8) is 0 Å². The minimum Gasteiger partial charge on any atom is -0.495 e. The van der Waals surface area contributed by atoms with Gasteiger partial charge in [-0.15, -0.1) is 0 Å². The van der Waals surface area contributed by atoms with Crippen molar-refractivity contribution in [3.8, 4) is 45.7 Å². The number of carbonyl (C=O) groups is 7. The molecule has 12 heterocycles. The van der Waals surface area contributed by atoms with Gasteiger partial charge in [0.05, 0.1) is 135 Å². The Morgan fingerprint density at radius 2 is 0.632 bits per heavy atom. The molecule has 0 spiro atoms. The van der Waals surface area contributed by atoms with Gasteiger partial charge in [-0.3, -0.25) is 47.0 Å². The summed E-state index contributed by atoms with van der Waals surface area (Å²) in [4.78, 5) is 151. The van der Waals surface area contributed by atoms with Crippen molar-refractivity contribution in [3.05, 3.63) is 204 Å². The first kappa shape index (κ1) is 99.6. The average molecular weight is 1960 g/mol. The Morgan fingerprint density at radius 1 is 0.361 bits per heavy atom. The van der Waals surface area contributed by atoms with Crippen molar-refractivity contribution in [1.29, 1.82) is 0 Å². The number of nitrogens with zero attached hydrogens (tertiary/aromatic N) is 20. The van der Waals surface area contributed by atoms with Crippen LogP contribution in [0.1, 0.15) is 290 Å². The van der Waals surface area contributed by atoms with Gasteiger partial charge in [0.25, 0.3) is 23.6 Å². The summed E-state index contributed by atoms with van der Waals surface area (Å²) in [5.41, 5.74) is 13.1. The number of hydrogen-bond donors (Lipinski definition) is 8. The van der Waals surface area contributed by atoms with Gasteiger partial charge in [-0.25, -0.2) is 44.7 Å². The summed E-state index contributed by atoms with van der Waals surface area (Å²) >= 11 is 0. The molecule has 144 heavy (non-hydrogen) atoms. The van der Waals surface area contributed by atoms with E-state index >= 15 is 0 Å². The molecule has 40 nitrogen and oxygen atoms in total. The molecule has 4 amide bonds. The number of imidazole rings is 4. The lowest BCUT2D eigenvalue weighted by molar-refractivity contribution is 0.0540. The number of methoxy groups -OCH3 is 4. The molecule has 0 bridgehead atoms. The number of ether oxygens (including phenoxy) is 5. The molecule has 4 aliphatic carbocycles. The van der Waals surface area contributed by atoms with E-state index in [1.807, 2.05) is 38.5 Å². The highest BCUT2D eigenvalue weighted by atomic mass is 16.5. The van der Waals surface area contributed by atoms with E-state index in [2.05, 4.69) is 141 Å². The molecule has 0 radical (unpaired) electrons. The van der Waals surface area contributed by atoms with Gasteiger partial charge < -0.3 is 85.8 Å². The van der Waals surface area contributed by atoms with Crippen LogP contribution >= 0.6 is 0 Å². The first-order valence-corrected chi connectivity index (χ1v) is 49.4. The zero-order chi connectivity index (χ0) is 101. The van der Waals surface area contributed by atoms with Crippen molar-refractivity contribution < 1.29 is 57.2 Å². The number of Topliss-reactive ketones (excluding diaryl/α,β-unsaturated/α-hetero) is 2. The lowest BCUT2D eigenvalue weighted by atomic mass is 9.99. The fourth-order valence-electron chi connectivity index (χ4n) is 21.4. The number of amides is 4. The van der Waals surface area contributed by atoms with Crippen LogP contribution in [-0.4, -0.2) is 207 Å². The average Bonchev–Trinajstić information content (AvgIpc) is 1.53. The van der Waals surface area contributed by atoms with Crippen LogP contribution in [0.4, 0.5) is 69.8 Å². The first-order valence-electron chi connectivity index (χ1n) is 49.4. The Kier molecular flexibility index (Phi) is 30.5. The summed E-state index contributed by atoms with van der Waals surface area (Å²) < 4.78 is 35.4. The van der Waals surface area contributed by atoms with Gasteiger partial charge in [0, 0.05) is 88.5 Å². The highest BCUT2D eigenvalue weighted by Crippen LogP contribution is 2.51. The van der Waals surface area contributed by atoms with Gasteiger partial charge in [-0.05, 0) is 150 Å². The number of aromatic nitrogens is 16. The van der Waals surface area contributed by atoms with Gasteiger partial charge in [-0.1, -0.05) is 91.7 Å². The molecule has 4 aromatic carbocycles. The molecule has 8 N–H and O–H groups in total. The standard InChI is InChI=1S/C28H33N7O4.2C26H31N7O3.C24H29N7O2/c1-5-13-39-27(37)23-24-20(6-2)35(18-9-7-8-10-18)25-21(34(24)16-31-23)15-30-28(33-25)32-19-12-11-17(26(36)29-3)14-22(19)38-4;2*1-5-19-23-22(15(2)34)29-14-32(23)20-13-28-26(31-24(20)33(19)17-8-6-7-9-17)30-18-11-10-16(25(35)27-3)12-21(18)36-4;1-4-18-19-12-26-14-30(19)20-13-27-24(29-22(20)31(18)16-7-5-6-8-16)28-17-10-9-15(23(32)25-2)11-21(17)33-3/h5,11-12,14-16,18,20H,1,6-10,13H2,2-4H3,(H,29,36)(H,30,32,33);2*10-14,17,19H,5-9H2,1-4H3,(H,27,35)(H,28,30,31);9-14,16,18H,4-8H2,1-3H3,(H,25,32)(H,27,28,29)/t20-;2*19-;18-/m1111/s1. The van der Waals surface area contributed by atoms with Crippen molar-refractivity contribution in [2.45, 2.75) is 218 Å². The third kappa shape index (κ3) is 19.6. The third-order valence-electron chi connectivity index (χ3n) is 28.1. The second kappa shape index (κ2) is 44.1. The Balaban J connectivity index is 0.000000132. The van der Waals surface area contributed by atoms with Crippen molar-refractivity contribution in [1.82, 2.24) is 99.3 Å². The van der Waals surface area contributed by atoms with Gasteiger partial charge in [0.1, 0.15) is 82.7 Å². The zero-order valence-electron chi connectivity index (χ0n) is 83.7. The molecular formula is C104H124N28O12. The quantitative estimate of drug-likeness (QED) is 0.0123. The largest absolute Gasteiger partial charge is 0.495 e. The number of carbonyl (C=O) groups excluding carboxylic acids is 7. The normalized spacial score (nSPS) is 16.8. The van der Waals surface area contributed by atoms with Crippen LogP contribution in [0.15, 0.2) is 142 Å². The minimum atomic E-state index is -0.469. The van der Waals surface area contributed by atoms with E-state index in [9.17, 15) is 33.6 Å². The Morgan fingerprint density at radius 3 is 0.896 bits per heavy atom.